The molecule has 0 aliphatic carbocycles. The summed E-state index contributed by atoms with van der Waals surface area (Å²) in [7, 11) is 4.65. The minimum atomic E-state index is -0.183. The number of benzene rings is 2. The Labute approximate surface area is 148 Å². The van der Waals surface area contributed by atoms with Gasteiger partial charge in [-0.05, 0) is 30.7 Å². The Bertz CT molecular complexity index is 751. The highest BCUT2D eigenvalue weighted by Crippen LogP contribution is 2.40. The van der Waals surface area contributed by atoms with Crippen molar-refractivity contribution in [3.63, 3.8) is 0 Å². The monoisotopic (exact) mass is 341 g/mol. The summed E-state index contributed by atoms with van der Waals surface area (Å²) in [6.45, 7) is 2.51. The third-order valence-electron chi connectivity index (χ3n) is 3.74. The Morgan fingerprint density at radius 2 is 1.64 bits per heavy atom. The predicted molar refractivity (Wildman–Crippen MR) is 98.2 cm³/mol. The van der Waals surface area contributed by atoms with E-state index in [1.165, 1.54) is 11.6 Å². The standard InChI is InChI=1S/C20H23NO4/c1-14-5-7-15(8-6-14)13-21-18(22)12-10-16-9-11-17(23-2)20(25-4)19(16)24-3/h5-12H,13H2,1-4H3,(H,21,22)/b12-10+. The lowest BCUT2D eigenvalue weighted by Crippen LogP contribution is -2.20. The molecule has 2 rings (SSSR count). The predicted octanol–water partition coefficient (Wildman–Crippen LogP) is 3.35. The van der Waals surface area contributed by atoms with Crippen LogP contribution in [0.5, 0.6) is 17.2 Å². The summed E-state index contributed by atoms with van der Waals surface area (Å²) >= 11 is 0. The van der Waals surface area contributed by atoms with Crippen molar-refractivity contribution in [2.45, 2.75) is 13.5 Å². The van der Waals surface area contributed by atoms with Crippen molar-refractivity contribution in [2.24, 2.45) is 0 Å². The molecule has 0 heterocycles. The molecule has 2 aromatic carbocycles. The molecule has 1 amide bonds. The quantitative estimate of drug-likeness (QED) is 0.785. The first kappa shape index (κ1) is 18.4. The maximum atomic E-state index is 12.0. The largest absolute Gasteiger partial charge is 0.493 e. The minimum Gasteiger partial charge on any atom is -0.493 e. The maximum absolute atomic E-state index is 12.0. The van der Waals surface area contributed by atoms with Crippen LogP contribution < -0.4 is 19.5 Å². The summed E-state index contributed by atoms with van der Waals surface area (Å²) in [4.78, 5) is 12.0. The number of carbonyl (C=O) groups is 1. The van der Waals surface area contributed by atoms with E-state index in [-0.39, 0.29) is 5.91 Å². The van der Waals surface area contributed by atoms with Crippen LogP contribution in [-0.2, 0) is 11.3 Å². The number of aryl methyl sites for hydroxylation is 1. The molecule has 0 atom stereocenters. The van der Waals surface area contributed by atoms with Gasteiger partial charge in [0.05, 0.1) is 21.3 Å². The van der Waals surface area contributed by atoms with Gasteiger partial charge in [0.25, 0.3) is 0 Å². The number of nitrogens with one attached hydrogen (secondary N) is 1. The number of hydrogen-bond acceptors (Lipinski definition) is 4. The van der Waals surface area contributed by atoms with Crippen LogP contribution in [0, 0.1) is 6.92 Å². The molecule has 0 bridgehead atoms. The van der Waals surface area contributed by atoms with Gasteiger partial charge in [-0.1, -0.05) is 29.8 Å². The Kier molecular flexibility index (Phi) is 6.46. The molecule has 132 valence electrons. The third-order valence-corrected chi connectivity index (χ3v) is 3.74. The van der Waals surface area contributed by atoms with Gasteiger partial charge in [-0.15, -0.1) is 0 Å². The zero-order valence-electron chi connectivity index (χ0n) is 15.0. The first-order valence-electron chi connectivity index (χ1n) is 7.89. The highest BCUT2D eigenvalue weighted by Gasteiger charge is 2.14. The van der Waals surface area contributed by atoms with Gasteiger partial charge in [0.15, 0.2) is 11.5 Å². The van der Waals surface area contributed by atoms with Crippen LogP contribution in [0.1, 0.15) is 16.7 Å². The molecule has 0 aliphatic rings. The Balaban J connectivity index is 2.07. The van der Waals surface area contributed by atoms with Gasteiger partial charge in [0.1, 0.15) is 0 Å². The Hall–Kier alpha value is -2.95. The van der Waals surface area contributed by atoms with E-state index in [1.807, 2.05) is 37.3 Å². The van der Waals surface area contributed by atoms with Gasteiger partial charge in [-0.3, -0.25) is 4.79 Å². The molecule has 0 spiro atoms. The Morgan fingerprint density at radius 3 is 2.24 bits per heavy atom. The molecule has 2 aromatic rings. The fraction of sp³-hybridized carbons (Fsp3) is 0.250. The highest BCUT2D eigenvalue weighted by molar-refractivity contribution is 5.92. The van der Waals surface area contributed by atoms with Gasteiger partial charge in [-0.2, -0.15) is 0 Å². The Morgan fingerprint density at radius 1 is 0.960 bits per heavy atom. The summed E-state index contributed by atoms with van der Waals surface area (Å²) in [5.74, 6) is 1.40. The summed E-state index contributed by atoms with van der Waals surface area (Å²) in [6.07, 6.45) is 3.16. The molecule has 0 fully saturated rings. The van der Waals surface area contributed by atoms with Crippen LogP contribution in [0.2, 0.25) is 0 Å². The van der Waals surface area contributed by atoms with Crippen molar-refractivity contribution in [1.82, 2.24) is 5.32 Å². The number of methoxy groups -OCH3 is 3. The van der Waals surface area contributed by atoms with E-state index >= 15 is 0 Å². The van der Waals surface area contributed by atoms with E-state index in [1.54, 1.807) is 33.5 Å². The molecule has 1 N–H and O–H groups in total. The molecular weight excluding hydrogens is 318 g/mol. The van der Waals surface area contributed by atoms with Crippen LogP contribution in [-0.4, -0.2) is 27.2 Å². The van der Waals surface area contributed by atoms with Crippen molar-refractivity contribution >= 4 is 12.0 Å². The summed E-state index contributed by atoms with van der Waals surface area (Å²) < 4.78 is 16.0. The molecule has 0 radical (unpaired) electrons. The first-order chi connectivity index (χ1) is 12.1. The highest BCUT2D eigenvalue weighted by atomic mass is 16.5. The fourth-order valence-corrected chi connectivity index (χ4v) is 2.38. The van der Waals surface area contributed by atoms with Gasteiger partial charge < -0.3 is 19.5 Å². The molecule has 5 heteroatoms. The molecule has 0 aromatic heterocycles. The number of amides is 1. The van der Waals surface area contributed by atoms with Crippen molar-refractivity contribution in [3.05, 3.63) is 59.2 Å². The topological polar surface area (TPSA) is 56.8 Å². The van der Waals surface area contributed by atoms with Crippen molar-refractivity contribution in [3.8, 4) is 17.2 Å². The van der Waals surface area contributed by atoms with Gasteiger partial charge in [-0.25, -0.2) is 0 Å². The second-order valence-electron chi connectivity index (χ2n) is 5.46. The van der Waals surface area contributed by atoms with Crippen molar-refractivity contribution in [1.29, 1.82) is 0 Å². The first-order valence-corrected chi connectivity index (χ1v) is 7.89. The van der Waals surface area contributed by atoms with Gasteiger partial charge >= 0.3 is 0 Å². The normalized spacial score (nSPS) is 10.6. The molecule has 25 heavy (non-hydrogen) atoms. The lowest BCUT2D eigenvalue weighted by molar-refractivity contribution is -0.116. The number of ether oxygens (including phenoxy) is 3. The van der Waals surface area contributed by atoms with Crippen LogP contribution in [0.15, 0.2) is 42.5 Å². The van der Waals surface area contributed by atoms with Crippen LogP contribution in [0.4, 0.5) is 0 Å². The average molecular weight is 341 g/mol. The van der Waals surface area contributed by atoms with Gasteiger partial charge in [0.2, 0.25) is 11.7 Å². The molecule has 5 nitrogen and oxygen atoms in total. The smallest absolute Gasteiger partial charge is 0.244 e. The van der Waals surface area contributed by atoms with Crippen LogP contribution >= 0.6 is 0 Å². The van der Waals surface area contributed by atoms with Crippen molar-refractivity contribution in [2.75, 3.05) is 21.3 Å². The average Bonchev–Trinajstić information content (AvgIpc) is 2.64. The SMILES string of the molecule is COc1ccc(/C=C/C(=O)NCc2ccc(C)cc2)c(OC)c1OC. The molecule has 0 aliphatic heterocycles. The van der Waals surface area contributed by atoms with Gasteiger partial charge in [0, 0.05) is 18.2 Å². The van der Waals surface area contributed by atoms with Crippen LogP contribution in [0.25, 0.3) is 6.08 Å². The fourth-order valence-electron chi connectivity index (χ4n) is 2.38. The van der Waals surface area contributed by atoms with E-state index < -0.39 is 0 Å². The molecule has 0 unspecified atom stereocenters. The van der Waals surface area contributed by atoms with E-state index in [9.17, 15) is 4.79 Å². The number of rotatable bonds is 7. The van der Waals surface area contributed by atoms with E-state index in [0.29, 0.717) is 23.8 Å². The second-order valence-corrected chi connectivity index (χ2v) is 5.46. The maximum Gasteiger partial charge on any atom is 0.244 e. The van der Waals surface area contributed by atoms with E-state index in [0.717, 1.165) is 11.1 Å². The summed E-state index contributed by atoms with van der Waals surface area (Å²) in [6, 6.07) is 11.6. The number of carbonyl (C=O) groups excluding carboxylic acids is 1. The second kappa shape index (κ2) is 8.78. The van der Waals surface area contributed by atoms with Crippen LogP contribution in [0.3, 0.4) is 0 Å². The molecular formula is C20H23NO4. The van der Waals surface area contributed by atoms with E-state index in [4.69, 9.17) is 14.2 Å². The van der Waals surface area contributed by atoms with E-state index in [2.05, 4.69) is 5.32 Å². The molecule has 0 saturated carbocycles. The number of hydrogen-bond donors (Lipinski definition) is 1. The zero-order valence-corrected chi connectivity index (χ0v) is 15.0. The van der Waals surface area contributed by atoms with Crippen molar-refractivity contribution < 1.29 is 19.0 Å². The summed E-state index contributed by atoms with van der Waals surface area (Å²) in [5.41, 5.74) is 2.97. The lowest BCUT2D eigenvalue weighted by atomic mass is 10.1. The lowest BCUT2D eigenvalue weighted by Gasteiger charge is -2.13. The zero-order chi connectivity index (χ0) is 18.2. The molecule has 0 saturated heterocycles. The summed E-state index contributed by atoms with van der Waals surface area (Å²) in [5, 5.41) is 2.85. The minimum absolute atomic E-state index is 0.183. The third kappa shape index (κ3) is 4.76.